The summed E-state index contributed by atoms with van der Waals surface area (Å²) in [4.78, 5) is 0. The topological polar surface area (TPSA) is 18.5 Å². The minimum absolute atomic E-state index is 0.0295. The van der Waals surface area contributed by atoms with Crippen LogP contribution in [0.3, 0.4) is 0 Å². The van der Waals surface area contributed by atoms with Gasteiger partial charge >= 0.3 is 17.8 Å². The molecule has 0 saturated carbocycles. The highest BCUT2D eigenvalue weighted by molar-refractivity contribution is 5.36. The van der Waals surface area contributed by atoms with Gasteiger partial charge in [0.2, 0.25) is 0 Å². The molecule has 1 atom stereocenters. The highest BCUT2D eigenvalue weighted by Crippen LogP contribution is 2.59. The molecule has 0 aromatic carbocycles. The monoisotopic (exact) mass is 320 g/mol. The molecule has 1 rings (SSSR count). The van der Waals surface area contributed by atoms with Gasteiger partial charge in [0, 0.05) is 19.3 Å². The van der Waals surface area contributed by atoms with Crippen LogP contribution < -0.4 is 0 Å². The molecular weight excluding hydrogens is 302 g/mol. The van der Waals surface area contributed by atoms with Crippen molar-refractivity contribution in [3.63, 3.8) is 0 Å². The van der Waals surface area contributed by atoms with Crippen LogP contribution in [-0.2, 0) is 9.47 Å². The van der Waals surface area contributed by atoms with Crippen molar-refractivity contribution < 1.29 is 35.8 Å². The molecule has 0 amide bonds. The highest BCUT2D eigenvalue weighted by atomic mass is 19.3. The molecule has 0 aromatic rings. The van der Waals surface area contributed by atoms with E-state index < -0.39 is 29.1 Å². The zero-order chi connectivity index (χ0) is 16.5. The van der Waals surface area contributed by atoms with Crippen molar-refractivity contribution in [3.8, 4) is 0 Å². The molecule has 1 aliphatic carbocycles. The first-order chi connectivity index (χ1) is 9.50. The first-order valence-electron chi connectivity index (χ1n) is 6.47. The molecule has 0 bridgehead atoms. The van der Waals surface area contributed by atoms with E-state index in [0.29, 0.717) is 20.0 Å². The maximum atomic E-state index is 13.4. The summed E-state index contributed by atoms with van der Waals surface area (Å²) in [5, 5.41) is 0. The molecule has 0 spiro atoms. The van der Waals surface area contributed by atoms with Crippen molar-refractivity contribution >= 4 is 0 Å². The summed E-state index contributed by atoms with van der Waals surface area (Å²) >= 11 is 0. The van der Waals surface area contributed by atoms with E-state index in [0.717, 1.165) is 0 Å². The van der Waals surface area contributed by atoms with E-state index in [9.17, 15) is 26.3 Å². The Morgan fingerprint density at radius 3 is 1.90 bits per heavy atom. The summed E-state index contributed by atoms with van der Waals surface area (Å²) in [5.74, 6) is -17.0. The summed E-state index contributed by atoms with van der Waals surface area (Å²) in [5.41, 5.74) is -1.41. The van der Waals surface area contributed by atoms with E-state index in [-0.39, 0.29) is 18.9 Å². The second-order valence-corrected chi connectivity index (χ2v) is 5.20. The molecule has 21 heavy (non-hydrogen) atoms. The van der Waals surface area contributed by atoms with E-state index in [1.54, 1.807) is 6.92 Å². The Morgan fingerprint density at radius 2 is 1.48 bits per heavy atom. The Balaban J connectivity index is 2.72. The van der Waals surface area contributed by atoms with Gasteiger partial charge in [-0.3, -0.25) is 0 Å². The number of rotatable bonds is 7. The van der Waals surface area contributed by atoms with Gasteiger partial charge in [-0.25, -0.2) is 0 Å². The minimum atomic E-state index is -5.47. The SMILES string of the molecule is COCCC(C)CCOC1=C(C)C(F)(F)C(F)(F)C1(F)F. The molecule has 0 radical (unpaired) electrons. The predicted octanol–water partition coefficient (Wildman–Crippen LogP) is 4.26. The van der Waals surface area contributed by atoms with Gasteiger partial charge in [-0.1, -0.05) is 6.92 Å². The lowest BCUT2D eigenvalue weighted by Gasteiger charge is -2.25. The van der Waals surface area contributed by atoms with Crippen LogP contribution in [0.5, 0.6) is 0 Å². The Morgan fingerprint density at radius 1 is 0.952 bits per heavy atom. The quantitative estimate of drug-likeness (QED) is 0.653. The molecule has 0 fully saturated rings. The van der Waals surface area contributed by atoms with Gasteiger partial charge in [-0.05, 0) is 25.7 Å². The third-order valence-corrected chi connectivity index (χ3v) is 3.56. The van der Waals surface area contributed by atoms with Crippen molar-refractivity contribution in [2.75, 3.05) is 20.3 Å². The summed E-state index contributed by atoms with van der Waals surface area (Å²) in [7, 11) is 1.50. The largest absolute Gasteiger partial charge is 0.491 e. The number of hydrogen-bond acceptors (Lipinski definition) is 2. The van der Waals surface area contributed by atoms with Gasteiger partial charge < -0.3 is 9.47 Å². The lowest BCUT2D eigenvalue weighted by Crippen LogP contribution is -2.49. The third-order valence-electron chi connectivity index (χ3n) is 3.56. The lowest BCUT2D eigenvalue weighted by atomic mass is 10.1. The van der Waals surface area contributed by atoms with Gasteiger partial charge in [0.25, 0.3) is 0 Å². The lowest BCUT2D eigenvalue weighted by molar-refractivity contribution is -0.271. The van der Waals surface area contributed by atoms with Crippen molar-refractivity contribution in [1.29, 1.82) is 0 Å². The molecule has 124 valence electrons. The van der Waals surface area contributed by atoms with Crippen LogP contribution in [0, 0.1) is 5.92 Å². The van der Waals surface area contributed by atoms with E-state index in [2.05, 4.69) is 4.74 Å². The van der Waals surface area contributed by atoms with Crippen LogP contribution in [-0.4, -0.2) is 38.1 Å². The molecule has 0 saturated heterocycles. The number of ether oxygens (including phenoxy) is 2. The molecule has 1 aliphatic rings. The van der Waals surface area contributed by atoms with Crippen LogP contribution in [0.1, 0.15) is 26.7 Å². The molecule has 0 aromatic heterocycles. The summed E-state index contributed by atoms with van der Waals surface area (Å²) in [6, 6.07) is 0. The summed E-state index contributed by atoms with van der Waals surface area (Å²) < 4.78 is 89.0. The van der Waals surface area contributed by atoms with Crippen molar-refractivity contribution in [2.24, 2.45) is 5.92 Å². The van der Waals surface area contributed by atoms with E-state index in [1.807, 2.05) is 0 Å². The average Bonchev–Trinajstić information content (AvgIpc) is 2.46. The fourth-order valence-electron chi connectivity index (χ4n) is 1.98. The van der Waals surface area contributed by atoms with Gasteiger partial charge in [-0.15, -0.1) is 0 Å². The molecule has 8 heteroatoms. The molecule has 0 heterocycles. The van der Waals surface area contributed by atoms with Crippen molar-refractivity contribution in [1.82, 2.24) is 0 Å². The van der Waals surface area contributed by atoms with Crippen molar-refractivity contribution in [3.05, 3.63) is 11.3 Å². The van der Waals surface area contributed by atoms with E-state index >= 15 is 0 Å². The molecule has 2 nitrogen and oxygen atoms in total. The number of methoxy groups -OCH3 is 1. The Labute approximate surface area is 119 Å². The standard InChI is InChI=1S/C13H18F6O2/c1-8(4-6-20-3)5-7-21-10-9(2)11(14,15)13(18,19)12(10,16)17/h8H,4-7H2,1-3H3. The Kier molecular flexibility index (Phi) is 5.23. The average molecular weight is 320 g/mol. The third kappa shape index (κ3) is 3.00. The van der Waals surface area contributed by atoms with E-state index in [4.69, 9.17) is 4.74 Å². The normalized spacial score (nSPS) is 24.2. The van der Waals surface area contributed by atoms with Crippen LogP contribution in [0.15, 0.2) is 11.3 Å². The zero-order valence-corrected chi connectivity index (χ0v) is 12.0. The maximum Gasteiger partial charge on any atom is 0.383 e. The fraction of sp³-hybridized carbons (Fsp3) is 0.846. The van der Waals surface area contributed by atoms with Gasteiger partial charge in [0.1, 0.15) is 0 Å². The van der Waals surface area contributed by atoms with Gasteiger partial charge in [-0.2, -0.15) is 26.3 Å². The molecule has 0 N–H and O–H groups in total. The molecular formula is C13H18F6O2. The van der Waals surface area contributed by atoms with Gasteiger partial charge in [0.15, 0.2) is 5.76 Å². The number of allylic oxidation sites excluding steroid dienone is 2. The van der Waals surface area contributed by atoms with Gasteiger partial charge in [0.05, 0.1) is 6.61 Å². The van der Waals surface area contributed by atoms with Crippen LogP contribution in [0.25, 0.3) is 0 Å². The highest BCUT2D eigenvalue weighted by Gasteiger charge is 2.80. The Bertz CT molecular complexity index is 405. The maximum absolute atomic E-state index is 13.4. The number of alkyl halides is 6. The summed E-state index contributed by atoms with van der Waals surface area (Å²) in [6.07, 6.45) is 0.897. The summed E-state index contributed by atoms with van der Waals surface area (Å²) in [6.45, 7) is 2.45. The number of hydrogen-bond donors (Lipinski definition) is 0. The first kappa shape index (κ1) is 18.1. The van der Waals surface area contributed by atoms with E-state index in [1.165, 1.54) is 7.11 Å². The zero-order valence-electron chi connectivity index (χ0n) is 12.0. The minimum Gasteiger partial charge on any atom is -0.491 e. The molecule has 0 aliphatic heterocycles. The molecule has 1 unspecified atom stereocenters. The van der Waals surface area contributed by atoms with Crippen LogP contribution >= 0.6 is 0 Å². The first-order valence-corrected chi connectivity index (χ1v) is 6.47. The van der Waals surface area contributed by atoms with Crippen LogP contribution in [0.2, 0.25) is 0 Å². The smallest absolute Gasteiger partial charge is 0.383 e. The second-order valence-electron chi connectivity index (χ2n) is 5.20. The second kappa shape index (κ2) is 6.06. The Hall–Kier alpha value is -0.920. The van der Waals surface area contributed by atoms with Crippen molar-refractivity contribution in [2.45, 2.75) is 44.5 Å². The predicted molar refractivity (Wildman–Crippen MR) is 63.8 cm³/mol. The van der Waals surface area contributed by atoms with Crippen LogP contribution in [0.4, 0.5) is 26.3 Å². The fourth-order valence-corrected chi connectivity index (χ4v) is 1.98. The number of halogens is 6.